The Bertz CT molecular complexity index is 606. The van der Waals surface area contributed by atoms with E-state index in [4.69, 9.17) is 10.8 Å². The summed E-state index contributed by atoms with van der Waals surface area (Å²) >= 11 is 0. The largest absolute Gasteiger partial charge is 0.399 e. The summed E-state index contributed by atoms with van der Waals surface area (Å²) in [6.07, 6.45) is 1.61. The zero-order valence-electron chi connectivity index (χ0n) is 10.5. The molecular weight excluding hydrogens is 244 g/mol. The molecule has 1 amide bonds. The van der Waals surface area contributed by atoms with Gasteiger partial charge in [-0.2, -0.15) is 5.10 Å². The van der Waals surface area contributed by atoms with Gasteiger partial charge in [-0.3, -0.25) is 9.89 Å². The van der Waals surface area contributed by atoms with E-state index in [1.165, 1.54) is 4.90 Å². The number of aromatic nitrogens is 2. The van der Waals surface area contributed by atoms with Crippen molar-refractivity contribution in [3.8, 4) is 0 Å². The molecule has 1 aromatic heterocycles. The predicted octanol–water partition coefficient (Wildman–Crippen LogP) is 0.766. The highest BCUT2D eigenvalue weighted by Crippen LogP contribution is 2.20. The molecule has 0 aliphatic rings. The van der Waals surface area contributed by atoms with Gasteiger partial charge in [0.15, 0.2) is 5.69 Å². The SMILES string of the molecule is C=CCN(CCO)C(=O)c1n[nH]c2ccc(N)cc12. The molecule has 4 N–H and O–H groups in total. The van der Waals surface area contributed by atoms with Gasteiger partial charge in [-0.25, -0.2) is 0 Å². The van der Waals surface area contributed by atoms with Crippen LogP contribution in [0, 0.1) is 0 Å². The molecule has 0 aliphatic heterocycles. The maximum atomic E-state index is 12.4. The van der Waals surface area contributed by atoms with E-state index in [0.29, 0.717) is 23.3 Å². The zero-order valence-corrected chi connectivity index (χ0v) is 10.5. The van der Waals surface area contributed by atoms with Gasteiger partial charge in [0.2, 0.25) is 0 Å². The van der Waals surface area contributed by atoms with Gasteiger partial charge in [0.1, 0.15) is 0 Å². The standard InChI is InChI=1S/C13H16N4O2/c1-2-5-17(6-7-18)13(19)12-10-8-9(14)3-4-11(10)15-16-12/h2-4,8,18H,1,5-7,14H2,(H,15,16). The fourth-order valence-electron chi connectivity index (χ4n) is 1.90. The maximum absolute atomic E-state index is 12.4. The van der Waals surface area contributed by atoms with Crippen LogP contribution >= 0.6 is 0 Å². The van der Waals surface area contributed by atoms with Gasteiger partial charge in [-0.1, -0.05) is 6.08 Å². The summed E-state index contributed by atoms with van der Waals surface area (Å²) in [5.41, 5.74) is 7.35. The molecule has 0 radical (unpaired) electrons. The van der Waals surface area contributed by atoms with Crippen molar-refractivity contribution in [2.45, 2.75) is 0 Å². The molecule has 0 fully saturated rings. The van der Waals surface area contributed by atoms with Crippen LogP contribution < -0.4 is 5.73 Å². The number of nitrogens with zero attached hydrogens (tertiary/aromatic N) is 2. The summed E-state index contributed by atoms with van der Waals surface area (Å²) in [6, 6.07) is 5.22. The zero-order chi connectivity index (χ0) is 13.8. The number of benzene rings is 1. The van der Waals surface area contributed by atoms with Crippen molar-refractivity contribution < 1.29 is 9.90 Å². The van der Waals surface area contributed by atoms with Crippen molar-refractivity contribution in [1.29, 1.82) is 0 Å². The number of carbonyl (C=O) groups excluding carboxylic acids is 1. The number of nitrogen functional groups attached to an aromatic ring is 1. The van der Waals surface area contributed by atoms with E-state index in [-0.39, 0.29) is 19.1 Å². The lowest BCUT2D eigenvalue weighted by molar-refractivity contribution is 0.0739. The summed E-state index contributed by atoms with van der Waals surface area (Å²) in [4.78, 5) is 13.8. The summed E-state index contributed by atoms with van der Waals surface area (Å²) in [5, 5.41) is 16.5. The number of aliphatic hydroxyl groups excluding tert-OH is 1. The Hall–Kier alpha value is -2.34. The van der Waals surface area contributed by atoms with Gasteiger partial charge in [0, 0.05) is 24.2 Å². The van der Waals surface area contributed by atoms with Crippen LogP contribution in [-0.4, -0.2) is 45.8 Å². The summed E-state index contributed by atoms with van der Waals surface area (Å²) in [6.45, 7) is 4.09. The third kappa shape index (κ3) is 2.58. The molecule has 6 heteroatoms. The smallest absolute Gasteiger partial charge is 0.275 e. The van der Waals surface area contributed by atoms with Crippen molar-refractivity contribution in [3.05, 3.63) is 36.5 Å². The van der Waals surface area contributed by atoms with Crippen molar-refractivity contribution >= 4 is 22.5 Å². The number of nitrogens with two attached hydrogens (primary N) is 1. The van der Waals surface area contributed by atoms with Crippen LogP contribution in [0.15, 0.2) is 30.9 Å². The number of amides is 1. The van der Waals surface area contributed by atoms with Gasteiger partial charge in [-0.15, -0.1) is 6.58 Å². The molecule has 19 heavy (non-hydrogen) atoms. The average molecular weight is 260 g/mol. The molecule has 0 spiro atoms. The fourth-order valence-corrected chi connectivity index (χ4v) is 1.90. The van der Waals surface area contributed by atoms with Crippen LogP contribution in [0.25, 0.3) is 10.9 Å². The molecule has 0 unspecified atom stereocenters. The fraction of sp³-hybridized carbons (Fsp3) is 0.231. The summed E-state index contributed by atoms with van der Waals surface area (Å²) in [7, 11) is 0. The molecule has 0 aliphatic carbocycles. The van der Waals surface area contributed by atoms with Crippen molar-refractivity contribution in [3.63, 3.8) is 0 Å². The van der Waals surface area contributed by atoms with E-state index in [2.05, 4.69) is 16.8 Å². The first kappa shape index (κ1) is 13.1. The minimum atomic E-state index is -0.259. The molecular formula is C13H16N4O2. The van der Waals surface area contributed by atoms with E-state index in [1.54, 1.807) is 24.3 Å². The highest BCUT2D eigenvalue weighted by Gasteiger charge is 2.19. The van der Waals surface area contributed by atoms with Crippen molar-refractivity contribution in [1.82, 2.24) is 15.1 Å². The van der Waals surface area contributed by atoms with Gasteiger partial charge < -0.3 is 15.7 Å². The Labute approximate surface area is 110 Å². The Morgan fingerprint density at radius 2 is 2.37 bits per heavy atom. The Morgan fingerprint density at radius 3 is 3.05 bits per heavy atom. The van der Waals surface area contributed by atoms with Crippen LogP contribution in [0.3, 0.4) is 0 Å². The maximum Gasteiger partial charge on any atom is 0.275 e. The van der Waals surface area contributed by atoms with E-state index < -0.39 is 0 Å². The van der Waals surface area contributed by atoms with E-state index in [9.17, 15) is 4.79 Å². The monoisotopic (exact) mass is 260 g/mol. The first-order valence-corrected chi connectivity index (χ1v) is 5.92. The van der Waals surface area contributed by atoms with Crippen molar-refractivity contribution in [2.24, 2.45) is 0 Å². The summed E-state index contributed by atoms with van der Waals surface area (Å²) in [5.74, 6) is -0.259. The third-order valence-electron chi connectivity index (χ3n) is 2.80. The molecule has 1 aromatic carbocycles. The number of aromatic amines is 1. The van der Waals surface area contributed by atoms with E-state index in [0.717, 1.165) is 5.52 Å². The molecule has 2 aromatic rings. The normalized spacial score (nSPS) is 10.6. The third-order valence-corrected chi connectivity index (χ3v) is 2.80. The molecule has 0 saturated carbocycles. The van der Waals surface area contributed by atoms with Gasteiger partial charge >= 0.3 is 0 Å². The number of hydrogen-bond acceptors (Lipinski definition) is 4. The topological polar surface area (TPSA) is 95.2 Å². The van der Waals surface area contributed by atoms with Crippen LogP contribution in [0.5, 0.6) is 0 Å². The number of hydrogen-bond donors (Lipinski definition) is 3. The molecule has 0 bridgehead atoms. The molecule has 100 valence electrons. The van der Waals surface area contributed by atoms with Crippen molar-refractivity contribution in [2.75, 3.05) is 25.4 Å². The van der Waals surface area contributed by atoms with Gasteiger partial charge in [0.25, 0.3) is 5.91 Å². The Kier molecular flexibility index (Phi) is 3.82. The number of H-pyrrole nitrogens is 1. The second-order valence-corrected chi connectivity index (χ2v) is 4.14. The number of nitrogens with one attached hydrogen (secondary N) is 1. The summed E-state index contributed by atoms with van der Waals surface area (Å²) < 4.78 is 0. The molecule has 0 atom stereocenters. The number of rotatable bonds is 5. The molecule has 1 heterocycles. The highest BCUT2D eigenvalue weighted by atomic mass is 16.3. The second kappa shape index (κ2) is 5.53. The lowest BCUT2D eigenvalue weighted by Crippen LogP contribution is -2.34. The molecule has 0 saturated heterocycles. The van der Waals surface area contributed by atoms with Crippen LogP contribution in [0.2, 0.25) is 0 Å². The highest BCUT2D eigenvalue weighted by molar-refractivity contribution is 6.05. The lowest BCUT2D eigenvalue weighted by atomic mass is 10.1. The van der Waals surface area contributed by atoms with Gasteiger partial charge in [-0.05, 0) is 18.2 Å². The predicted molar refractivity (Wildman–Crippen MR) is 73.7 cm³/mol. The molecule has 6 nitrogen and oxygen atoms in total. The van der Waals surface area contributed by atoms with Crippen LogP contribution in [0.4, 0.5) is 5.69 Å². The first-order chi connectivity index (χ1) is 9.17. The number of anilines is 1. The average Bonchev–Trinajstić information content (AvgIpc) is 2.80. The number of fused-ring (bicyclic) bond motifs is 1. The first-order valence-electron chi connectivity index (χ1n) is 5.92. The second-order valence-electron chi connectivity index (χ2n) is 4.14. The minimum Gasteiger partial charge on any atom is -0.399 e. The number of carbonyl (C=O) groups is 1. The van der Waals surface area contributed by atoms with Crippen LogP contribution in [0.1, 0.15) is 10.5 Å². The number of aliphatic hydroxyl groups is 1. The Balaban J connectivity index is 2.39. The van der Waals surface area contributed by atoms with Crippen LogP contribution in [-0.2, 0) is 0 Å². The minimum absolute atomic E-state index is 0.107. The Morgan fingerprint density at radius 1 is 1.58 bits per heavy atom. The van der Waals surface area contributed by atoms with E-state index >= 15 is 0 Å². The molecule has 2 rings (SSSR count). The lowest BCUT2D eigenvalue weighted by Gasteiger charge is -2.18. The van der Waals surface area contributed by atoms with Gasteiger partial charge in [0.05, 0.1) is 12.1 Å². The van der Waals surface area contributed by atoms with E-state index in [1.807, 2.05) is 0 Å². The quantitative estimate of drug-likeness (QED) is 0.546.